The van der Waals surface area contributed by atoms with E-state index in [2.05, 4.69) is 17.1 Å². The Morgan fingerprint density at radius 2 is 2.07 bits per heavy atom. The molecule has 78 valence electrons. The number of guanidine groups is 1. The second-order valence-corrected chi connectivity index (χ2v) is 4.52. The zero-order valence-electron chi connectivity index (χ0n) is 7.96. The molecule has 1 amide bonds. The average Bonchev–Trinajstić information content (AvgIpc) is 2.59. The molecule has 2 rings (SSSR count). The van der Waals surface area contributed by atoms with Crippen molar-refractivity contribution in [2.45, 2.75) is 5.25 Å². The number of fused-ring (bicyclic) bond motifs is 1. The number of nitrogens with two attached hydrogens (primary N) is 2. The first-order valence-electron chi connectivity index (χ1n) is 4.54. The molecule has 0 aromatic rings. The van der Waals surface area contributed by atoms with Crippen molar-refractivity contribution in [3.63, 3.8) is 0 Å². The van der Waals surface area contributed by atoms with Crippen LogP contribution in [0.25, 0.3) is 0 Å². The molecular formula is C10H11N3OS. The number of hydrogen-bond donors (Lipinski definition) is 2. The molecule has 2 aliphatic rings. The number of thioether (sulfide) groups is 1. The maximum Gasteiger partial charge on any atom is 0.286 e. The lowest BCUT2D eigenvalue weighted by molar-refractivity contribution is -0.113. The van der Waals surface area contributed by atoms with E-state index in [0.29, 0.717) is 10.2 Å². The van der Waals surface area contributed by atoms with Crippen LogP contribution in [0.15, 0.2) is 40.3 Å². The second-order valence-electron chi connectivity index (χ2n) is 3.30. The van der Waals surface area contributed by atoms with Crippen LogP contribution in [0.3, 0.4) is 0 Å². The molecule has 1 heterocycles. The fraction of sp³-hybridized carbons (Fsp3) is 0.200. The first-order valence-corrected chi connectivity index (χ1v) is 5.42. The van der Waals surface area contributed by atoms with Gasteiger partial charge in [0, 0.05) is 11.2 Å². The van der Waals surface area contributed by atoms with Crippen LogP contribution in [-0.4, -0.2) is 17.1 Å². The van der Waals surface area contributed by atoms with Crippen molar-refractivity contribution in [3.8, 4) is 0 Å². The summed E-state index contributed by atoms with van der Waals surface area (Å²) >= 11 is 1.50. The predicted octanol–water partition coefficient (Wildman–Crippen LogP) is 0.528. The Labute approximate surface area is 91.8 Å². The molecule has 0 bridgehead atoms. The van der Waals surface area contributed by atoms with Gasteiger partial charge in [0.1, 0.15) is 0 Å². The maximum absolute atomic E-state index is 11.5. The van der Waals surface area contributed by atoms with Gasteiger partial charge in [-0.05, 0) is 0 Å². The van der Waals surface area contributed by atoms with Crippen molar-refractivity contribution in [2.24, 2.45) is 22.4 Å². The van der Waals surface area contributed by atoms with Gasteiger partial charge in [-0.2, -0.15) is 4.99 Å². The fourth-order valence-corrected chi connectivity index (χ4v) is 2.70. The van der Waals surface area contributed by atoms with Crippen molar-refractivity contribution in [2.75, 3.05) is 0 Å². The Morgan fingerprint density at radius 1 is 1.33 bits per heavy atom. The highest BCUT2D eigenvalue weighted by Crippen LogP contribution is 2.39. The minimum absolute atomic E-state index is 0.192. The SMILES string of the molecule is NC(N)=NC(=O)C1=CC2C=CC=CC2S1. The van der Waals surface area contributed by atoms with Crippen molar-refractivity contribution in [1.82, 2.24) is 0 Å². The zero-order valence-corrected chi connectivity index (χ0v) is 8.78. The summed E-state index contributed by atoms with van der Waals surface area (Å²) < 4.78 is 0. The van der Waals surface area contributed by atoms with E-state index in [1.165, 1.54) is 11.8 Å². The molecule has 4 nitrogen and oxygen atoms in total. The van der Waals surface area contributed by atoms with E-state index in [0.717, 1.165) is 0 Å². The Hall–Kier alpha value is -1.49. The third-order valence-electron chi connectivity index (χ3n) is 2.17. The van der Waals surface area contributed by atoms with E-state index < -0.39 is 0 Å². The van der Waals surface area contributed by atoms with Crippen LogP contribution in [0.5, 0.6) is 0 Å². The molecule has 0 fully saturated rings. The van der Waals surface area contributed by atoms with Crippen LogP contribution >= 0.6 is 11.8 Å². The summed E-state index contributed by atoms with van der Waals surface area (Å²) in [6.45, 7) is 0. The molecule has 2 unspecified atom stereocenters. The summed E-state index contributed by atoms with van der Waals surface area (Å²) in [5.74, 6) is -0.258. The molecule has 4 N–H and O–H groups in total. The van der Waals surface area contributed by atoms with Crippen molar-refractivity contribution in [1.29, 1.82) is 0 Å². The smallest absolute Gasteiger partial charge is 0.286 e. The number of hydrogen-bond acceptors (Lipinski definition) is 2. The monoisotopic (exact) mass is 221 g/mol. The molecule has 1 aliphatic carbocycles. The lowest BCUT2D eigenvalue weighted by atomic mass is 10.0. The number of carbonyl (C=O) groups excluding carboxylic acids is 1. The summed E-state index contributed by atoms with van der Waals surface area (Å²) in [4.78, 5) is 15.6. The topological polar surface area (TPSA) is 81.5 Å². The van der Waals surface area contributed by atoms with Crippen LogP contribution in [0.4, 0.5) is 0 Å². The van der Waals surface area contributed by atoms with Gasteiger partial charge in [-0.25, -0.2) is 0 Å². The van der Waals surface area contributed by atoms with Gasteiger partial charge < -0.3 is 11.5 Å². The lowest BCUT2D eigenvalue weighted by Crippen LogP contribution is -2.24. The third kappa shape index (κ3) is 2.12. The summed E-state index contributed by atoms with van der Waals surface area (Å²) in [6, 6.07) is 0. The van der Waals surface area contributed by atoms with Gasteiger partial charge >= 0.3 is 0 Å². The number of aliphatic imine (C=N–C) groups is 1. The van der Waals surface area contributed by atoms with Crippen LogP contribution in [0.2, 0.25) is 0 Å². The first-order chi connectivity index (χ1) is 7.16. The number of allylic oxidation sites excluding steroid dienone is 4. The fourth-order valence-electron chi connectivity index (χ4n) is 1.53. The molecule has 0 aromatic heterocycles. The number of amides is 1. The highest BCUT2D eigenvalue weighted by atomic mass is 32.2. The van der Waals surface area contributed by atoms with Crippen LogP contribution in [0, 0.1) is 5.92 Å². The number of nitrogens with zero attached hydrogens (tertiary/aromatic N) is 1. The molecule has 2 atom stereocenters. The summed E-state index contributed by atoms with van der Waals surface area (Å²) in [7, 11) is 0. The Kier molecular flexibility index (Phi) is 2.64. The number of carbonyl (C=O) groups is 1. The molecule has 15 heavy (non-hydrogen) atoms. The second kappa shape index (κ2) is 3.94. The van der Waals surface area contributed by atoms with E-state index in [1.807, 2.05) is 18.2 Å². The van der Waals surface area contributed by atoms with E-state index in [9.17, 15) is 4.79 Å². The van der Waals surface area contributed by atoms with Gasteiger partial charge in [-0.3, -0.25) is 4.79 Å². The van der Waals surface area contributed by atoms with E-state index in [-0.39, 0.29) is 17.8 Å². The molecule has 0 radical (unpaired) electrons. The normalized spacial score (nSPS) is 27.1. The zero-order chi connectivity index (χ0) is 10.8. The molecule has 5 heteroatoms. The minimum Gasteiger partial charge on any atom is -0.370 e. The van der Waals surface area contributed by atoms with E-state index in [4.69, 9.17) is 11.5 Å². The third-order valence-corrected chi connectivity index (χ3v) is 3.48. The van der Waals surface area contributed by atoms with Crippen molar-refractivity contribution in [3.05, 3.63) is 35.3 Å². The molecule has 0 aromatic carbocycles. The van der Waals surface area contributed by atoms with Crippen LogP contribution in [0.1, 0.15) is 0 Å². The van der Waals surface area contributed by atoms with Gasteiger partial charge in [0.25, 0.3) is 5.91 Å². The van der Waals surface area contributed by atoms with Gasteiger partial charge in [0.2, 0.25) is 0 Å². The lowest BCUT2D eigenvalue weighted by Gasteiger charge is -2.12. The largest absolute Gasteiger partial charge is 0.370 e. The van der Waals surface area contributed by atoms with Gasteiger partial charge in [0.15, 0.2) is 5.96 Å². The van der Waals surface area contributed by atoms with Crippen LogP contribution < -0.4 is 11.5 Å². The Bertz CT molecular complexity index is 405. The minimum atomic E-state index is -0.351. The van der Waals surface area contributed by atoms with E-state index in [1.54, 1.807) is 0 Å². The highest BCUT2D eigenvalue weighted by molar-refractivity contribution is 8.05. The average molecular weight is 221 g/mol. The first kappa shape index (κ1) is 10.0. The van der Waals surface area contributed by atoms with E-state index >= 15 is 0 Å². The summed E-state index contributed by atoms with van der Waals surface area (Å²) in [5, 5.41) is 0.308. The van der Waals surface area contributed by atoms with Crippen LogP contribution in [-0.2, 0) is 4.79 Å². The van der Waals surface area contributed by atoms with Gasteiger partial charge in [-0.15, -0.1) is 11.8 Å². The van der Waals surface area contributed by atoms with Gasteiger partial charge in [0.05, 0.1) is 4.91 Å². The van der Waals surface area contributed by atoms with Gasteiger partial charge in [-0.1, -0.05) is 30.4 Å². The summed E-state index contributed by atoms with van der Waals surface area (Å²) in [5.41, 5.74) is 10.3. The predicted molar refractivity (Wildman–Crippen MR) is 62.0 cm³/mol. The standard InChI is InChI=1S/C10H11N3OS/c11-10(12)13-9(14)8-5-6-3-1-2-4-7(6)15-8/h1-7H,(H4,11,12,13,14). The maximum atomic E-state index is 11.5. The molecule has 1 aliphatic heterocycles. The highest BCUT2D eigenvalue weighted by Gasteiger charge is 2.28. The molecule has 0 saturated heterocycles. The van der Waals surface area contributed by atoms with Crippen molar-refractivity contribution < 1.29 is 4.79 Å². The summed E-state index contributed by atoms with van der Waals surface area (Å²) in [6.07, 6.45) is 10.0. The Morgan fingerprint density at radius 3 is 2.73 bits per heavy atom. The van der Waals surface area contributed by atoms with Crippen molar-refractivity contribution >= 4 is 23.6 Å². The Balaban J connectivity index is 2.14. The molecule has 0 spiro atoms. The molecule has 0 saturated carbocycles. The quantitative estimate of drug-likeness (QED) is 0.500. The number of rotatable bonds is 1. The molecular weight excluding hydrogens is 210 g/mol.